The maximum atomic E-state index is 12.9. The molecule has 0 aliphatic carbocycles. The standard InChI is InChI=1S/C16H31N3O/c1-4-16(7-9-17-10-8-16)15(20)19-11-5-14(6-12-19)13-18(2)3/h14,17H,4-13H2,1-3H3. The van der Waals surface area contributed by atoms with Crippen LogP contribution in [0.1, 0.15) is 39.0 Å². The highest BCUT2D eigenvalue weighted by Gasteiger charge is 2.41. The minimum absolute atomic E-state index is 0.0698. The summed E-state index contributed by atoms with van der Waals surface area (Å²) in [5, 5.41) is 3.38. The van der Waals surface area contributed by atoms with Crippen molar-refractivity contribution < 1.29 is 4.79 Å². The number of nitrogens with one attached hydrogen (secondary N) is 1. The van der Waals surface area contributed by atoms with Gasteiger partial charge in [-0.15, -0.1) is 0 Å². The van der Waals surface area contributed by atoms with Gasteiger partial charge in [-0.1, -0.05) is 6.92 Å². The number of nitrogens with zero attached hydrogens (tertiary/aromatic N) is 2. The highest BCUT2D eigenvalue weighted by atomic mass is 16.2. The van der Waals surface area contributed by atoms with Gasteiger partial charge in [0.15, 0.2) is 0 Å². The van der Waals surface area contributed by atoms with Crippen molar-refractivity contribution in [2.75, 3.05) is 46.8 Å². The molecule has 20 heavy (non-hydrogen) atoms. The molecule has 0 aromatic rings. The van der Waals surface area contributed by atoms with E-state index in [0.29, 0.717) is 5.91 Å². The van der Waals surface area contributed by atoms with Gasteiger partial charge in [0.1, 0.15) is 0 Å². The third-order valence-electron chi connectivity index (χ3n) is 5.22. The number of carbonyl (C=O) groups excluding carboxylic acids is 1. The molecule has 2 aliphatic heterocycles. The molecule has 0 atom stereocenters. The molecule has 0 spiro atoms. The van der Waals surface area contributed by atoms with Crippen LogP contribution in [0.2, 0.25) is 0 Å². The lowest BCUT2D eigenvalue weighted by atomic mass is 9.75. The largest absolute Gasteiger partial charge is 0.342 e. The topological polar surface area (TPSA) is 35.6 Å². The van der Waals surface area contributed by atoms with Crippen molar-refractivity contribution >= 4 is 5.91 Å². The molecule has 4 heteroatoms. The van der Waals surface area contributed by atoms with Crippen LogP contribution in [0.3, 0.4) is 0 Å². The Hall–Kier alpha value is -0.610. The number of likely N-dealkylation sites (tertiary alicyclic amines) is 1. The van der Waals surface area contributed by atoms with Gasteiger partial charge in [0.25, 0.3) is 0 Å². The summed E-state index contributed by atoms with van der Waals surface area (Å²) in [6, 6.07) is 0. The first kappa shape index (κ1) is 15.8. The van der Waals surface area contributed by atoms with Gasteiger partial charge in [-0.3, -0.25) is 4.79 Å². The fourth-order valence-corrected chi connectivity index (χ4v) is 3.79. The summed E-state index contributed by atoms with van der Waals surface area (Å²) in [5.41, 5.74) is -0.0698. The molecule has 0 radical (unpaired) electrons. The van der Waals surface area contributed by atoms with Crippen molar-refractivity contribution in [2.24, 2.45) is 11.3 Å². The van der Waals surface area contributed by atoms with Gasteiger partial charge in [-0.25, -0.2) is 0 Å². The quantitative estimate of drug-likeness (QED) is 0.849. The van der Waals surface area contributed by atoms with Gasteiger partial charge in [-0.2, -0.15) is 0 Å². The van der Waals surface area contributed by atoms with E-state index in [1.807, 2.05) is 0 Å². The van der Waals surface area contributed by atoms with Gasteiger partial charge in [0, 0.05) is 19.6 Å². The number of amides is 1. The van der Waals surface area contributed by atoms with Gasteiger partial charge < -0.3 is 15.1 Å². The van der Waals surface area contributed by atoms with Crippen molar-refractivity contribution in [3.8, 4) is 0 Å². The van der Waals surface area contributed by atoms with E-state index in [2.05, 4.69) is 36.1 Å². The number of carbonyl (C=O) groups is 1. The second-order valence-electron chi connectivity index (χ2n) is 6.88. The number of rotatable bonds is 4. The van der Waals surface area contributed by atoms with Crippen molar-refractivity contribution in [3.05, 3.63) is 0 Å². The minimum Gasteiger partial charge on any atom is -0.342 e. The van der Waals surface area contributed by atoms with Crippen LogP contribution in [0.5, 0.6) is 0 Å². The summed E-state index contributed by atoms with van der Waals surface area (Å²) in [5.74, 6) is 1.20. The zero-order chi connectivity index (χ0) is 14.6. The van der Waals surface area contributed by atoms with Crippen LogP contribution in [-0.4, -0.2) is 62.5 Å². The Morgan fingerprint density at radius 1 is 1.25 bits per heavy atom. The zero-order valence-corrected chi connectivity index (χ0v) is 13.5. The highest BCUT2D eigenvalue weighted by molar-refractivity contribution is 5.83. The molecule has 2 rings (SSSR count). The first-order chi connectivity index (χ1) is 9.57. The Bertz CT molecular complexity index is 316. The van der Waals surface area contributed by atoms with Crippen LogP contribution in [0.25, 0.3) is 0 Å². The van der Waals surface area contributed by atoms with Crippen molar-refractivity contribution in [2.45, 2.75) is 39.0 Å². The average Bonchev–Trinajstić information content (AvgIpc) is 2.47. The minimum atomic E-state index is -0.0698. The molecule has 1 amide bonds. The Morgan fingerprint density at radius 3 is 2.35 bits per heavy atom. The fourth-order valence-electron chi connectivity index (χ4n) is 3.79. The third kappa shape index (κ3) is 3.53. The van der Waals surface area contributed by atoms with Gasteiger partial charge >= 0.3 is 0 Å². The Balaban J connectivity index is 1.90. The first-order valence-electron chi connectivity index (χ1n) is 8.22. The molecule has 0 saturated carbocycles. The van der Waals surface area contributed by atoms with Crippen LogP contribution >= 0.6 is 0 Å². The average molecular weight is 281 g/mol. The lowest BCUT2D eigenvalue weighted by Crippen LogP contribution is -2.51. The van der Waals surface area contributed by atoms with Crippen LogP contribution < -0.4 is 5.32 Å². The zero-order valence-electron chi connectivity index (χ0n) is 13.5. The summed E-state index contributed by atoms with van der Waals surface area (Å²) >= 11 is 0. The third-order valence-corrected chi connectivity index (χ3v) is 5.22. The van der Waals surface area contributed by atoms with Crippen LogP contribution in [-0.2, 0) is 4.79 Å². The molecule has 0 aromatic heterocycles. The molecule has 0 bridgehead atoms. The second kappa shape index (κ2) is 6.90. The van der Waals surface area contributed by atoms with E-state index in [0.717, 1.165) is 57.9 Å². The molecular formula is C16H31N3O. The second-order valence-corrected chi connectivity index (χ2v) is 6.88. The number of hydrogen-bond acceptors (Lipinski definition) is 3. The summed E-state index contributed by atoms with van der Waals surface area (Å²) in [6.07, 6.45) is 5.36. The van der Waals surface area contributed by atoms with Crippen molar-refractivity contribution in [1.29, 1.82) is 0 Å². The lowest BCUT2D eigenvalue weighted by molar-refractivity contribution is -0.145. The Kier molecular flexibility index (Phi) is 5.44. The SMILES string of the molecule is CCC1(C(=O)N2CCC(CN(C)C)CC2)CCNCC1. The fraction of sp³-hybridized carbons (Fsp3) is 0.938. The predicted molar refractivity (Wildman–Crippen MR) is 82.7 cm³/mol. The van der Waals surface area contributed by atoms with Gasteiger partial charge in [0.2, 0.25) is 5.91 Å². The highest BCUT2D eigenvalue weighted by Crippen LogP contribution is 2.35. The molecule has 4 nitrogen and oxygen atoms in total. The first-order valence-corrected chi connectivity index (χ1v) is 8.22. The maximum Gasteiger partial charge on any atom is 0.228 e. The van der Waals surface area contributed by atoms with E-state index in [9.17, 15) is 4.79 Å². The van der Waals surface area contributed by atoms with Crippen LogP contribution in [0.4, 0.5) is 0 Å². The smallest absolute Gasteiger partial charge is 0.228 e. The van der Waals surface area contributed by atoms with Crippen LogP contribution in [0.15, 0.2) is 0 Å². The summed E-state index contributed by atoms with van der Waals surface area (Å²) in [6.45, 7) is 7.26. The van der Waals surface area contributed by atoms with Gasteiger partial charge in [-0.05, 0) is 65.2 Å². The molecule has 0 aromatic carbocycles. The number of hydrogen-bond donors (Lipinski definition) is 1. The number of piperidine rings is 2. The molecule has 2 saturated heterocycles. The molecular weight excluding hydrogens is 250 g/mol. The molecule has 2 aliphatic rings. The normalized spacial score (nSPS) is 24.1. The van der Waals surface area contributed by atoms with E-state index in [1.165, 1.54) is 12.8 Å². The molecule has 2 fully saturated rings. The van der Waals surface area contributed by atoms with Crippen molar-refractivity contribution in [1.82, 2.24) is 15.1 Å². The Labute approximate surface area is 123 Å². The maximum absolute atomic E-state index is 12.9. The summed E-state index contributed by atoms with van der Waals surface area (Å²) < 4.78 is 0. The molecule has 1 N–H and O–H groups in total. The van der Waals surface area contributed by atoms with Crippen LogP contribution in [0, 0.1) is 11.3 Å². The Morgan fingerprint density at radius 2 is 1.85 bits per heavy atom. The van der Waals surface area contributed by atoms with Gasteiger partial charge in [0.05, 0.1) is 5.41 Å². The van der Waals surface area contributed by atoms with Crippen molar-refractivity contribution in [3.63, 3.8) is 0 Å². The van der Waals surface area contributed by atoms with E-state index in [4.69, 9.17) is 0 Å². The molecule has 116 valence electrons. The van der Waals surface area contributed by atoms with E-state index in [-0.39, 0.29) is 5.41 Å². The molecule has 2 heterocycles. The van der Waals surface area contributed by atoms with E-state index >= 15 is 0 Å². The summed E-state index contributed by atoms with van der Waals surface area (Å²) in [4.78, 5) is 17.3. The summed E-state index contributed by atoms with van der Waals surface area (Å²) in [7, 11) is 4.28. The predicted octanol–water partition coefficient (Wildman–Crippen LogP) is 1.57. The monoisotopic (exact) mass is 281 g/mol. The van der Waals surface area contributed by atoms with E-state index < -0.39 is 0 Å². The van der Waals surface area contributed by atoms with E-state index in [1.54, 1.807) is 0 Å². The lowest BCUT2D eigenvalue weighted by Gasteiger charge is -2.42. The molecule has 0 unspecified atom stereocenters.